The van der Waals surface area contributed by atoms with E-state index in [1.165, 1.54) is 0 Å². The summed E-state index contributed by atoms with van der Waals surface area (Å²) in [5.74, 6) is 0.0817. The van der Waals surface area contributed by atoms with E-state index in [2.05, 4.69) is 31.5 Å². The number of nitrogens with one attached hydrogen (secondary N) is 2. The van der Waals surface area contributed by atoms with Crippen molar-refractivity contribution in [3.05, 3.63) is 22.7 Å². The first kappa shape index (κ1) is 14.3. The summed E-state index contributed by atoms with van der Waals surface area (Å²) in [6.45, 7) is 3.39. The molecule has 0 fully saturated rings. The number of hydrogen-bond acceptors (Lipinski definition) is 4. The van der Waals surface area contributed by atoms with E-state index in [0.29, 0.717) is 13.0 Å². The highest BCUT2D eigenvalue weighted by Gasteiger charge is 2.05. The van der Waals surface area contributed by atoms with Crippen molar-refractivity contribution in [3.8, 4) is 0 Å². The van der Waals surface area contributed by atoms with E-state index in [1.807, 2.05) is 25.1 Å². The fraction of sp³-hybridized carbons (Fsp3) is 0.385. The Morgan fingerprint density at radius 1 is 1.42 bits per heavy atom. The average Bonchev–Trinajstić information content (AvgIpc) is 2.78. The maximum absolute atomic E-state index is 11.4. The number of halogens is 1. The van der Waals surface area contributed by atoms with Crippen LogP contribution in [0.4, 0.5) is 5.13 Å². The highest BCUT2D eigenvalue weighted by molar-refractivity contribution is 9.10. The SMILES string of the molecule is CCCNC(=O)CCNc1nc2ccc(Br)cc2s1. The second-order valence-corrected chi connectivity index (χ2v) is 6.10. The molecule has 1 aromatic carbocycles. The van der Waals surface area contributed by atoms with E-state index in [4.69, 9.17) is 0 Å². The quantitative estimate of drug-likeness (QED) is 0.846. The van der Waals surface area contributed by atoms with Gasteiger partial charge in [0.25, 0.3) is 0 Å². The zero-order chi connectivity index (χ0) is 13.7. The molecule has 2 N–H and O–H groups in total. The maximum atomic E-state index is 11.4. The van der Waals surface area contributed by atoms with E-state index in [0.717, 1.165) is 32.8 Å². The molecule has 0 atom stereocenters. The maximum Gasteiger partial charge on any atom is 0.221 e. The van der Waals surface area contributed by atoms with Crippen LogP contribution in [0.25, 0.3) is 10.2 Å². The molecular formula is C13H16BrN3OS. The molecule has 19 heavy (non-hydrogen) atoms. The van der Waals surface area contributed by atoms with E-state index in [1.54, 1.807) is 11.3 Å². The van der Waals surface area contributed by atoms with Crippen molar-refractivity contribution in [2.24, 2.45) is 0 Å². The van der Waals surface area contributed by atoms with E-state index in [9.17, 15) is 4.79 Å². The summed E-state index contributed by atoms with van der Waals surface area (Å²) in [6.07, 6.45) is 1.44. The van der Waals surface area contributed by atoms with Gasteiger partial charge >= 0.3 is 0 Å². The fourth-order valence-corrected chi connectivity index (χ4v) is 3.05. The summed E-state index contributed by atoms with van der Waals surface area (Å²) in [4.78, 5) is 15.9. The summed E-state index contributed by atoms with van der Waals surface area (Å²) in [6, 6.07) is 6.01. The van der Waals surface area contributed by atoms with Crippen LogP contribution in [0.15, 0.2) is 22.7 Å². The predicted octanol–water partition coefficient (Wildman–Crippen LogP) is 3.39. The minimum Gasteiger partial charge on any atom is -0.361 e. The van der Waals surface area contributed by atoms with Crippen LogP contribution in [0.3, 0.4) is 0 Å². The lowest BCUT2D eigenvalue weighted by Gasteiger charge is -2.03. The summed E-state index contributed by atoms with van der Waals surface area (Å²) >= 11 is 5.04. The molecule has 6 heteroatoms. The number of carbonyl (C=O) groups excluding carboxylic acids is 1. The molecule has 0 saturated carbocycles. The molecule has 0 aliphatic rings. The number of anilines is 1. The number of hydrogen-bond donors (Lipinski definition) is 2. The Labute approximate surface area is 124 Å². The summed E-state index contributed by atoms with van der Waals surface area (Å²) in [7, 11) is 0. The Morgan fingerprint density at radius 2 is 2.26 bits per heavy atom. The van der Waals surface area contributed by atoms with Crippen LogP contribution >= 0.6 is 27.3 Å². The minimum atomic E-state index is 0.0817. The second kappa shape index (κ2) is 6.86. The van der Waals surface area contributed by atoms with Gasteiger partial charge < -0.3 is 10.6 Å². The number of fused-ring (bicyclic) bond motifs is 1. The molecule has 0 radical (unpaired) electrons. The van der Waals surface area contributed by atoms with Crippen LogP contribution in [0.1, 0.15) is 19.8 Å². The third kappa shape index (κ3) is 4.18. The summed E-state index contributed by atoms with van der Waals surface area (Å²) in [5.41, 5.74) is 0.978. The van der Waals surface area contributed by atoms with Gasteiger partial charge in [-0.05, 0) is 24.6 Å². The third-order valence-corrected chi connectivity index (χ3v) is 4.02. The van der Waals surface area contributed by atoms with Crippen molar-refractivity contribution >= 4 is 48.5 Å². The normalized spacial score (nSPS) is 10.6. The molecule has 0 unspecified atom stereocenters. The Kier molecular flexibility index (Phi) is 5.15. The van der Waals surface area contributed by atoms with Gasteiger partial charge in [-0.2, -0.15) is 0 Å². The first-order chi connectivity index (χ1) is 9.19. The summed E-state index contributed by atoms with van der Waals surface area (Å²) in [5, 5.41) is 6.90. The first-order valence-corrected chi connectivity index (χ1v) is 7.86. The smallest absolute Gasteiger partial charge is 0.221 e. The lowest BCUT2D eigenvalue weighted by atomic mass is 10.3. The number of thiazole rings is 1. The molecule has 0 spiro atoms. The second-order valence-electron chi connectivity index (χ2n) is 4.16. The van der Waals surface area contributed by atoms with Crippen molar-refractivity contribution < 1.29 is 4.79 Å². The molecule has 0 bridgehead atoms. The van der Waals surface area contributed by atoms with Gasteiger partial charge in [0.1, 0.15) is 0 Å². The van der Waals surface area contributed by atoms with Crippen molar-refractivity contribution in [1.29, 1.82) is 0 Å². The molecule has 0 aliphatic heterocycles. The fourth-order valence-electron chi connectivity index (χ4n) is 1.61. The number of aromatic nitrogens is 1. The molecule has 0 aliphatic carbocycles. The molecule has 1 aromatic heterocycles. The van der Waals surface area contributed by atoms with Gasteiger partial charge in [-0.25, -0.2) is 4.98 Å². The molecule has 1 heterocycles. The molecule has 0 saturated heterocycles. The highest BCUT2D eigenvalue weighted by atomic mass is 79.9. The standard InChI is InChI=1S/C13H16BrN3OS/c1-2-6-15-12(18)5-7-16-13-17-10-4-3-9(14)8-11(10)19-13/h3-4,8H,2,5-7H2,1H3,(H,15,18)(H,16,17). The topological polar surface area (TPSA) is 54.0 Å². The zero-order valence-corrected chi connectivity index (χ0v) is 13.1. The third-order valence-electron chi connectivity index (χ3n) is 2.55. The van der Waals surface area contributed by atoms with Crippen LogP contribution in [0, 0.1) is 0 Å². The van der Waals surface area contributed by atoms with Gasteiger partial charge in [-0.3, -0.25) is 4.79 Å². The Hall–Kier alpha value is -1.14. The lowest BCUT2D eigenvalue weighted by molar-refractivity contribution is -0.120. The zero-order valence-electron chi connectivity index (χ0n) is 10.7. The summed E-state index contributed by atoms with van der Waals surface area (Å²) < 4.78 is 2.18. The molecule has 1 amide bonds. The molecule has 2 aromatic rings. The average molecular weight is 342 g/mol. The van der Waals surface area contributed by atoms with Gasteiger partial charge in [-0.1, -0.05) is 34.2 Å². The molecular weight excluding hydrogens is 326 g/mol. The number of rotatable bonds is 6. The monoisotopic (exact) mass is 341 g/mol. The van der Waals surface area contributed by atoms with Crippen molar-refractivity contribution in [1.82, 2.24) is 10.3 Å². The van der Waals surface area contributed by atoms with Crippen LogP contribution in [0.2, 0.25) is 0 Å². The van der Waals surface area contributed by atoms with Crippen LogP contribution < -0.4 is 10.6 Å². The van der Waals surface area contributed by atoms with E-state index in [-0.39, 0.29) is 5.91 Å². The van der Waals surface area contributed by atoms with Gasteiger partial charge in [0, 0.05) is 24.0 Å². The van der Waals surface area contributed by atoms with Gasteiger partial charge in [0.2, 0.25) is 5.91 Å². The van der Waals surface area contributed by atoms with Crippen LogP contribution in [-0.4, -0.2) is 24.0 Å². The number of nitrogens with zero attached hydrogens (tertiary/aromatic N) is 1. The molecule has 102 valence electrons. The first-order valence-electron chi connectivity index (χ1n) is 6.25. The van der Waals surface area contributed by atoms with Crippen LogP contribution in [-0.2, 0) is 4.79 Å². The van der Waals surface area contributed by atoms with Crippen LogP contribution in [0.5, 0.6) is 0 Å². The predicted molar refractivity (Wildman–Crippen MR) is 83.7 cm³/mol. The van der Waals surface area contributed by atoms with Gasteiger partial charge in [-0.15, -0.1) is 0 Å². The van der Waals surface area contributed by atoms with E-state index >= 15 is 0 Å². The Balaban J connectivity index is 1.86. The Bertz CT molecular complexity index is 570. The number of amides is 1. The van der Waals surface area contributed by atoms with Gasteiger partial charge in [0.15, 0.2) is 5.13 Å². The van der Waals surface area contributed by atoms with Crippen molar-refractivity contribution in [2.45, 2.75) is 19.8 Å². The largest absolute Gasteiger partial charge is 0.361 e. The number of carbonyl (C=O) groups is 1. The molecule has 4 nitrogen and oxygen atoms in total. The van der Waals surface area contributed by atoms with E-state index < -0.39 is 0 Å². The van der Waals surface area contributed by atoms with Gasteiger partial charge in [0.05, 0.1) is 10.2 Å². The van der Waals surface area contributed by atoms with Crippen molar-refractivity contribution in [3.63, 3.8) is 0 Å². The minimum absolute atomic E-state index is 0.0817. The number of benzene rings is 1. The highest BCUT2D eigenvalue weighted by Crippen LogP contribution is 2.28. The lowest BCUT2D eigenvalue weighted by Crippen LogP contribution is -2.25. The molecule has 2 rings (SSSR count). The van der Waals surface area contributed by atoms with Crippen molar-refractivity contribution in [2.75, 3.05) is 18.4 Å². The Morgan fingerprint density at radius 3 is 3.05 bits per heavy atom.